The Hall–Kier alpha value is 0.0649. The summed E-state index contributed by atoms with van der Waals surface area (Å²) in [6.45, 7) is 9.18. The predicted octanol–water partition coefficient (Wildman–Crippen LogP) is 4.15. The SMILES string of the molecule is CCC(C)[B]CCCCC(C)C. The standard InChI is InChI=1S/C11H24B/c1-5-11(4)12-9-7-6-8-10(2)3/h10-11H,5-9H2,1-4H3. The van der Waals surface area contributed by atoms with Gasteiger partial charge in [0.15, 0.2) is 0 Å². The average Bonchev–Trinajstić information content (AvgIpc) is 2.03. The van der Waals surface area contributed by atoms with Crippen LogP contribution in [0.2, 0.25) is 12.1 Å². The minimum atomic E-state index is 0.823. The molecule has 0 heterocycles. The molecular weight excluding hydrogens is 143 g/mol. The summed E-state index contributed by atoms with van der Waals surface area (Å²) in [7, 11) is 2.47. The van der Waals surface area contributed by atoms with Crippen molar-refractivity contribution >= 4 is 7.28 Å². The predicted molar refractivity (Wildman–Crippen MR) is 59.0 cm³/mol. The van der Waals surface area contributed by atoms with Gasteiger partial charge in [-0.25, -0.2) is 0 Å². The van der Waals surface area contributed by atoms with E-state index < -0.39 is 0 Å². The Labute approximate surface area is 79.4 Å². The second kappa shape index (κ2) is 7.70. The molecule has 0 rings (SSSR count). The minimum absolute atomic E-state index is 0.823. The third-order valence-electron chi connectivity index (χ3n) is 2.45. The summed E-state index contributed by atoms with van der Waals surface area (Å²) in [6, 6.07) is 0. The fourth-order valence-corrected chi connectivity index (χ4v) is 1.27. The zero-order chi connectivity index (χ0) is 9.40. The van der Waals surface area contributed by atoms with E-state index in [1.165, 1.54) is 32.0 Å². The maximum atomic E-state index is 2.47. The first-order chi connectivity index (χ1) is 5.66. The second-order valence-electron chi connectivity index (χ2n) is 4.30. The Balaban J connectivity index is 3.00. The fraction of sp³-hybridized carbons (Fsp3) is 1.00. The Bertz CT molecular complexity index is 89.0. The van der Waals surface area contributed by atoms with Gasteiger partial charge in [0.2, 0.25) is 0 Å². The first kappa shape index (κ1) is 12.1. The van der Waals surface area contributed by atoms with Crippen molar-refractivity contribution in [3.05, 3.63) is 0 Å². The number of rotatable bonds is 7. The van der Waals surface area contributed by atoms with Crippen molar-refractivity contribution < 1.29 is 0 Å². The maximum absolute atomic E-state index is 2.47. The van der Waals surface area contributed by atoms with Crippen molar-refractivity contribution in [2.45, 2.75) is 65.5 Å². The molecule has 0 aliphatic heterocycles. The molecule has 0 amide bonds. The highest BCUT2D eigenvalue weighted by Crippen LogP contribution is 2.13. The highest BCUT2D eigenvalue weighted by molar-refractivity contribution is 6.37. The lowest BCUT2D eigenvalue weighted by Gasteiger charge is -2.06. The molecule has 0 aromatic carbocycles. The second-order valence-corrected chi connectivity index (χ2v) is 4.30. The fourth-order valence-electron chi connectivity index (χ4n) is 1.27. The molecule has 12 heavy (non-hydrogen) atoms. The molecule has 0 aromatic rings. The molecule has 71 valence electrons. The third-order valence-corrected chi connectivity index (χ3v) is 2.45. The molecule has 0 bridgehead atoms. The molecular formula is C11H24B. The van der Waals surface area contributed by atoms with Gasteiger partial charge in [0.25, 0.3) is 0 Å². The van der Waals surface area contributed by atoms with E-state index in [4.69, 9.17) is 0 Å². The van der Waals surface area contributed by atoms with Crippen LogP contribution in [0.15, 0.2) is 0 Å². The van der Waals surface area contributed by atoms with Crippen molar-refractivity contribution in [3.8, 4) is 0 Å². The van der Waals surface area contributed by atoms with Gasteiger partial charge in [0, 0.05) is 0 Å². The molecule has 0 fully saturated rings. The van der Waals surface area contributed by atoms with Crippen molar-refractivity contribution in [1.29, 1.82) is 0 Å². The van der Waals surface area contributed by atoms with Gasteiger partial charge in [0.05, 0.1) is 0 Å². The molecule has 0 N–H and O–H groups in total. The first-order valence-electron chi connectivity index (χ1n) is 5.50. The van der Waals surface area contributed by atoms with Gasteiger partial charge in [-0.3, -0.25) is 0 Å². The lowest BCUT2D eigenvalue weighted by molar-refractivity contribution is 0.549. The van der Waals surface area contributed by atoms with Crippen LogP contribution in [-0.4, -0.2) is 7.28 Å². The van der Waals surface area contributed by atoms with Crippen LogP contribution in [0.25, 0.3) is 0 Å². The van der Waals surface area contributed by atoms with Gasteiger partial charge < -0.3 is 0 Å². The zero-order valence-electron chi connectivity index (χ0n) is 9.27. The van der Waals surface area contributed by atoms with Crippen LogP contribution in [0.5, 0.6) is 0 Å². The topological polar surface area (TPSA) is 0 Å². The molecule has 1 atom stereocenters. The highest BCUT2D eigenvalue weighted by Gasteiger charge is 2.00. The van der Waals surface area contributed by atoms with Gasteiger partial charge in [-0.15, -0.1) is 0 Å². The lowest BCUT2D eigenvalue weighted by Crippen LogP contribution is -1.98. The van der Waals surface area contributed by atoms with E-state index in [1.807, 2.05) is 0 Å². The summed E-state index contributed by atoms with van der Waals surface area (Å²) in [4.78, 5) is 0. The number of hydrogen-bond acceptors (Lipinski definition) is 0. The summed E-state index contributed by atoms with van der Waals surface area (Å²) < 4.78 is 0. The van der Waals surface area contributed by atoms with Crippen molar-refractivity contribution in [2.24, 2.45) is 5.92 Å². The quantitative estimate of drug-likeness (QED) is 0.394. The van der Waals surface area contributed by atoms with Crippen LogP contribution in [0.1, 0.15) is 53.4 Å². The average molecular weight is 167 g/mol. The zero-order valence-corrected chi connectivity index (χ0v) is 9.27. The molecule has 0 aliphatic carbocycles. The number of hydrogen-bond donors (Lipinski definition) is 0. The first-order valence-corrected chi connectivity index (χ1v) is 5.50. The van der Waals surface area contributed by atoms with Crippen LogP contribution in [0.3, 0.4) is 0 Å². The van der Waals surface area contributed by atoms with Gasteiger partial charge >= 0.3 is 0 Å². The van der Waals surface area contributed by atoms with E-state index in [-0.39, 0.29) is 0 Å². The monoisotopic (exact) mass is 167 g/mol. The van der Waals surface area contributed by atoms with Gasteiger partial charge in [-0.05, 0) is 5.92 Å². The number of unbranched alkanes of at least 4 members (excludes halogenated alkanes) is 1. The summed E-state index contributed by atoms with van der Waals surface area (Å²) >= 11 is 0. The van der Waals surface area contributed by atoms with E-state index >= 15 is 0 Å². The van der Waals surface area contributed by atoms with E-state index in [0.29, 0.717) is 0 Å². The summed E-state index contributed by atoms with van der Waals surface area (Å²) in [5.74, 6) is 1.71. The van der Waals surface area contributed by atoms with Crippen LogP contribution in [0.4, 0.5) is 0 Å². The van der Waals surface area contributed by atoms with Gasteiger partial charge in [-0.1, -0.05) is 65.5 Å². The largest absolute Gasteiger partial charge is 0.113 e. The molecule has 0 aliphatic rings. The Morgan fingerprint density at radius 2 is 1.75 bits per heavy atom. The van der Waals surface area contributed by atoms with Crippen molar-refractivity contribution in [1.82, 2.24) is 0 Å². The lowest BCUT2D eigenvalue weighted by atomic mass is 9.61. The van der Waals surface area contributed by atoms with Gasteiger partial charge in [-0.2, -0.15) is 0 Å². The Kier molecular flexibility index (Phi) is 7.74. The van der Waals surface area contributed by atoms with Crippen molar-refractivity contribution in [2.75, 3.05) is 0 Å². The molecule has 0 aromatic heterocycles. The third kappa shape index (κ3) is 8.16. The Morgan fingerprint density at radius 3 is 2.25 bits per heavy atom. The van der Waals surface area contributed by atoms with E-state index in [0.717, 1.165) is 11.7 Å². The van der Waals surface area contributed by atoms with Crippen LogP contribution >= 0.6 is 0 Å². The van der Waals surface area contributed by atoms with E-state index in [2.05, 4.69) is 35.0 Å². The summed E-state index contributed by atoms with van der Waals surface area (Å²) in [6.07, 6.45) is 6.81. The van der Waals surface area contributed by atoms with E-state index in [9.17, 15) is 0 Å². The maximum Gasteiger partial charge on any atom is 0.113 e. The van der Waals surface area contributed by atoms with E-state index in [1.54, 1.807) is 0 Å². The molecule has 0 saturated carbocycles. The Morgan fingerprint density at radius 1 is 1.08 bits per heavy atom. The summed E-state index contributed by atoms with van der Waals surface area (Å²) in [5.41, 5.74) is 0. The minimum Gasteiger partial charge on any atom is -0.0800 e. The van der Waals surface area contributed by atoms with Gasteiger partial charge in [0.1, 0.15) is 7.28 Å². The molecule has 1 heteroatoms. The molecule has 1 unspecified atom stereocenters. The normalized spacial score (nSPS) is 13.4. The van der Waals surface area contributed by atoms with Crippen LogP contribution in [0, 0.1) is 5.92 Å². The van der Waals surface area contributed by atoms with Crippen LogP contribution in [-0.2, 0) is 0 Å². The highest BCUT2D eigenvalue weighted by atomic mass is 14.0. The molecule has 0 saturated heterocycles. The van der Waals surface area contributed by atoms with Crippen molar-refractivity contribution in [3.63, 3.8) is 0 Å². The molecule has 0 spiro atoms. The smallest absolute Gasteiger partial charge is 0.0800 e. The molecule has 0 nitrogen and oxygen atoms in total. The molecule has 1 radical (unpaired) electrons. The van der Waals surface area contributed by atoms with Crippen LogP contribution < -0.4 is 0 Å². The summed E-state index contributed by atoms with van der Waals surface area (Å²) in [5, 5.41) is 0.